The zero-order chi connectivity index (χ0) is 23.4. The lowest BCUT2D eigenvalue weighted by molar-refractivity contribution is 0.0600. The van der Waals surface area contributed by atoms with Crippen molar-refractivity contribution < 1.29 is 19.1 Å². The number of benzene rings is 2. The van der Waals surface area contributed by atoms with Crippen LogP contribution in [0.5, 0.6) is 0 Å². The Morgan fingerprint density at radius 3 is 2.42 bits per heavy atom. The number of fused-ring (bicyclic) bond motifs is 2. The molecule has 0 fully saturated rings. The number of para-hydroxylation sites is 2. The zero-order valence-electron chi connectivity index (χ0n) is 18.5. The van der Waals surface area contributed by atoms with Crippen LogP contribution in [0.2, 0.25) is 0 Å². The van der Waals surface area contributed by atoms with Crippen LogP contribution in [0.25, 0.3) is 27.9 Å². The van der Waals surface area contributed by atoms with Gasteiger partial charge in [-0.05, 0) is 49.7 Å². The van der Waals surface area contributed by atoms with Gasteiger partial charge in [-0.2, -0.15) is 0 Å². The Bertz CT molecular complexity index is 1310. The molecule has 3 N–H and O–H groups in total. The van der Waals surface area contributed by atoms with E-state index in [1.54, 1.807) is 28.8 Å². The van der Waals surface area contributed by atoms with Gasteiger partial charge in [0.2, 0.25) is 0 Å². The summed E-state index contributed by atoms with van der Waals surface area (Å²) in [5.41, 5.74) is 10.0. The van der Waals surface area contributed by atoms with Crippen molar-refractivity contribution in [1.29, 1.82) is 0 Å². The Balaban J connectivity index is 1.81. The molecule has 0 saturated carbocycles. The molecule has 0 atom stereocenters. The quantitative estimate of drug-likeness (QED) is 0.314. The molecule has 4 rings (SSSR count). The van der Waals surface area contributed by atoms with Crippen LogP contribution in [-0.2, 0) is 9.47 Å². The minimum atomic E-state index is -0.440. The second-order valence-corrected chi connectivity index (χ2v) is 7.33. The molecule has 4 aromatic rings. The second-order valence-electron chi connectivity index (χ2n) is 7.33. The van der Waals surface area contributed by atoms with Gasteiger partial charge in [0, 0.05) is 25.4 Å². The van der Waals surface area contributed by atoms with Gasteiger partial charge in [-0.1, -0.05) is 12.1 Å². The van der Waals surface area contributed by atoms with Gasteiger partial charge < -0.3 is 20.5 Å². The van der Waals surface area contributed by atoms with Gasteiger partial charge in [0.15, 0.2) is 5.65 Å². The van der Waals surface area contributed by atoms with Crippen molar-refractivity contribution in [2.24, 2.45) is 0 Å². The smallest absolute Gasteiger partial charge is 0.337 e. The van der Waals surface area contributed by atoms with Gasteiger partial charge >= 0.3 is 5.97 Å². The second kappa shape index (κ2) is 9.66. The Hall–Kier alpha value is -3.98. The number of aromatic nitrogens is 3. The Morgan fingerprint density at radius 2 is 1.76 bits per heavy atom. The fraction of sp³-hybridized carbons (Fsp3) is 0.250. The summed E-state index contributed by atoms with van der Waals surface area (Å²) < 4.78 is 11.8. The fourth-order valence-electron chi connectivity index (χ4n) is 3.62. The molecule has 0 unspecified atom stereocenters. The summed E-state index contributed by atoms with van der Waals surface area (Å²) >= 11 is 0. The number of nitrogen functional groups attached to an aromatic ring is 1. The van der Waals surface area contributed by atoms with E-state index >= 15 is 0 Å². The minimum absolute atomic E-state index is 0.216. The maximum Gasteiger partial charge on any atom is 0.337 e. The number of methoxy groups -OCH3 is 1. The maximum absolute atomic E-state index is 13.1. The Morgan fingerprint density at radius 1 is 1.06 bits per heavy atom. The third-order valence-corrected chi connectivity index (χ3v) is 5.23. The number of amides is 1. The van der Waals surface area contributed by atoms with Crippen LogP contribution >= 0.6 is 0 Å². The van der Waals surface area contributed by atoms with Crippen LogP contribution in [0, 0.1) is 0 Å². The third-order valence-electron chi connectivity index (χ3n) is 5.23. The van der Waals surface area contributed by atoms with E-state index in [4.69, 9.17) is 25.2 Å². The lowest BCUT2D eigenvalue weighted by Crippen LogP contribution is -2.26. The number of carbonyl (C=O) groups excluding carboxylic acids is 2. The van der Waals surface area contributed by atoms with Crippen LogP contribution in [0.4, 0.5) is 5.82 Å². The van der Waals surface area contributed by atoms with E-state index in [0.29, 0.717) is 59.6 Å². The number of nitrogens with zero attached hydrogens (tertiary/aromatic N) is 3. The van der Waals surface area contributed by atoms with E-state index in [-0.39, 0.29) is 17.3 Å². The molecule has 2 aromatic heterocycles. The highest BCUT2D eigenvalue weighted by Crippen LogP contribution is 2.31. The maximum atomic E-state index is 13.1. The first-order valence-corrected chi connectivity index (χ1v) is 10.7. The lowest BCUT2D eigenvalue weighted by atomic mass is 10.2. The molecule has 0 aliphatic carbocycles. The van der Waals surface area contributed by atoms with Gasteiger partial charge in [-0.3, -0.25) is 9.36 Å². The fourth-order valence-corrected chi connectivity index (χ4v) is 3.62. The van der Waals surface area contributed by atoms with Gasteiger partial charge in [-0.15, -0.1) is 0 Å². The van der Waals surface area contributed by atoms with E-state index in [1.807, 2.05) is 31.2 Å². The van der Waals surface area contributed by atoms with Crippen molar-refractivity contribution in [3.63, 3.8) is 0 Å². The van der Waals surface area contributed by atoms with Crippen LogP contribution in [0.15, 0.2) is 48.5 Å². The lowest BCUT2D eigenvalue weighted by Gasteiger charge is -2.09. The molecular formula is C24H25N5O4. The molecular weight excluding hydrogens is 422 g/mol. The normalized spacial score (nSPS) is 11.1. The van der Waals surface area contributed by atoms with Crippen LogP contribution in [0.3, 0.4) is 0 Å². The predicted molar refractivity (Wildman–Crippen MR) is 126 cm³/mol. The predicted octanol–water partition coefficient (Wildman–Crippen LogP) is 3.10. The van der Waals surface area contributed by atoms with Crippen molar-refractivity contribution in [1.82, 2.24) is 19.9 Å². The molecule has 0 radical (unpaired) electrons. The van der Waals surface area contributed by atoms with Gasteiger partial charge in [0.1, 0.15) is 16.9 Å². The first kappa shape index (κ1) is 22.2. The zero-order valence-corrected chi connectivity index (χ0v) is 18.5. The van der Waals surface area contributed by atoms with Crippen LogP contribution in [0.1, 0.15) is 34.1 Å². The number of hydrogen-bond donors (Lipinski definition) is 2. The SMILES string of the molecule is CCOCCCNC(=O)c1c(N)n(-c2ccc(C(=O)OC)cc2)c2nc3ccccc3nc12. The van der Waals surface area contributed by atoms with Crippen molar-refractivity contribution >= 4 is 39.9 Å². The number of rotatable bonds is 8. The Labute approximate surface area is 190 Å². The topological polar surface area (TPSA) is 121 Å². The largest absolute Gasteiger partial charge is 0.465 e. The number of anilines is 1. The first-order valence-electron chi connectivity index (χ1n) is 10.7. The third kappa shape index (κ3) is 4.35. The average molecular weight is 447 g/mol. The van der Waals surface area contributed by atoms with E-state index in [0.717, 1.165) is 0 Å². The number of nitrogens with two attached hydrogens (primary N) is 1. The standard InChI is InChI=1S/C24H25N5O4/c1-3-33-14-6-13-26-23(30)19-20-22(28-18-8-5-4-7-17(18)27-20)29(21(19)25)16-11-9-15(10-12-16)24(31)32-2/h4-5,7-12H,3,6,13-14,25H2,1-2H3,(H,26,30). The van der Waals surface area contributed by atoms with E-state index < -0.39 is 5.97 Å². The van der Waals surface area contributed by atoms with Crippen molar-refractivity contribution in [2.75, 3.05) is 32.6 Å². The molecule has 0 spiro atoms. The molecule has 9 nitrogen and oxygen atoms in total. The summed E-state index contributed by atoms with van der Waals surface area (Å²) in [6, 6.07) is 14.1. The molecule has 33 heavy (non-hydrogen) atoms. The van der Waals surface area contributed by atoms with Crippen LogP contribution in [-0.4, -0.2) is 53.3 Å². The number of hydrogen-bond acceptors (Lipinski definition) is 7. The van der Waals surface area contributed by atoms with Crippen molar-refractivity contribution in [3.05, 3.63) is 59.7 Å². The summed E-state index contributed by atoms with van der Waals surface area (Å²) in [5, 5.41) is 2.89. The molecule has 170 valence electrons. The highest BCUT2D eigenvalue weighted by molar-refractivity contribution is 6.11. The molecule has 2 aromatic carbocycles. The highest BCUT2D eigenvalue weighted by Gasteiger charge is 2.24. The molecule has 0 bridgehead atoms. The van der Waals surface area contributed by atoms with E-state index in [1.165, 1.54) is 7.11 Å². The molecule has 9 heteroatoms. The highest BCUT2D eigenvalue weighted by atomic mass is 16.5. The Kier molecular flexibility index (Phi) is 6.50. The monoisotopic (exact) mass is 447 g/mol. The average Bonchev–Trinajstić information content (AvgIpc) is 3.12. The van der Waals surface area contributed by atoms with Crippen molar-refractivity contribution in [3.8, 4) is 5.69 Å². The molecule has 0 saturated heterocycles. The van der Waals surface area contributed by atoms with Gasteiger partial charge in [0.25, 0.3) is 5.91 Å². The number of esters is 1. The van der Waals surface area contributed by atoms with Crippen LogP contribution < -0.4 is 11.1 Å². The number of carbonyl (C=O) groups is 2. The molecule has 0 aliphatic heterocycles. The van der Waals surface area contributed by atoms with E-state index in [2.05, 4.69) is 5.32 Å². The minimum Gasteiger partial charge on any atom is -0.465 e. The number of nitrogens with one attached hydrogen (secondary N) is 1. The first-order chi connectivity index (χ1) is 16.0. The summed E-state index contributed by atoms with van der Waals surface area (Å²) in [6.07, 6.45) is 0.682. The molecule has 2 heterocycles. The summed E-state index contributed by atoms with van der Waals surface area (Å²) in [6.45, 7) is 3.56. The molecule has 0 aliphatic rings. The van der Waals surface area contributed by atoms with Crippen molar-refractivity contribution in [2.45, 2.75) is 13.3 Å². The van der Waals surface area contributed by atoms with Gasteiger partial charge in [-0.25, -0.2) is 14.8 Å². The number of ether oxygens (including phenoxy) is 2. The van der Waals surface area contributed by atoms with E-state index in [9.17, 15) is 9.59 Å². The summed E-state index contributed by atoms with van der Waals surface area (Å²) in [7, 11) is 1.33. The molecule has 1 amide bonds. The summed E-state index contributed by atoms with van der Waals surface area (Å²) in [5.74, 6) is -0.554. The van der Waals surface area contributed by atoms with Gasteiger partial charge in [0.05, 0.1) is 23.7 Å². The summed E-state index contributed by atoms with van der Waals surface area (Å²) in [4.78, 5) is 34.4.